The quantitative estimate of drug-likeness (QED) is 0.881. The van der Waals surface area contributed by atoms with Crippen LogP contribution in [0.5, 0.6) is 0 Å². The van der Waals surface area contributed by atoms with E-state index in [2.05, 4.69) is 43.1 Å². The zero-order valence-corrected chi connectivity index (χ0v) is 13.5. The van der Waals surface area contributed by atoms with E-state index in [0.717, 1.165) is 24.5 Å². The van der Waals surface area contributed by atoms with Crippen LogP contribution in [-0.4, -0.2) is 18.0 Å². The molecular weight excluding hydrogens is 260 g/mol. The van der Waals surface area contributed by atoms with E-state index in [4.69, 9.17) is 10.2 Å². The minimum atomic E-state index is 0.00969. The minimum Gasteiger partial charge on any atom is -0.465 e. The van der Waals surface area contributed by atoms with E-state index in [1.165, 1.54) is 11.1 Å². The first-order valence-corrected chi connectivity index (χ1v) is 7.61. The Hall–Kier alpha value is -1.58. The molecule has 2 atom stereocenters. The van der Waals surface area contributed by atoms with Gasteiger partial charge in [0.05, 0.1) is 6.04 Å². The maximum atomic E-state index is 6.18. The van der Waals surface area contributed by atoms with Crippen molar-refractivity contribution >= 4 is 0 Å². The molecule has 1 aromatic heterocycles. The maximum Gasteiger partial charge on any atom is 0.122 e. The summed E-state index contributed by atoms with van der Waals surface area (Å²) in [5, 5.41) is 0. The Kier molecular flexibility index (Phi) is 5.21. The van der Waals surface area contributed by atoms with Crippen molar-refractivity contribution in [2.24, 2.45) is 5.73 Å². The van der Waals surface area contributed by atoms with Crippen molar-refractivity contribution in [2.75, 3.05) is 7.05 Å². The fourth-order valence-electron chi connectivity index (χ4n) is 2.76. The van der Waals surface area contributed by atoms with Crippen LogP contribution in [0.2, 0.25) is 0 Å². The van der Waals surface area contributed by atoms with Gasteiger partial charge in [-0.15, -0.1) is 0 Å². The Bertz CT molecular complexity index is 557. The van der Waals surface area contributed by atoms with E-state index < -0.39 is 0 Å². The van der Waals surface area contributed by atoms with Gasteiger partial charge in [0.25, 0.3) is 0 Å². The summed E-state index contributed by atoms with van der Waals surface area (Å²) in [6.45, 7) is 7.02. The molecule has 1 heterocycles. The lowest BCUT2D eigenvalue weighted by atomic mass is 10.0. The van der Waals surface area contributed by atoms with Gasteiger partial charge in [-0.05, 0) is 50.6 Å². The lowest BCUT2D eigenvalue weighted by Crippen LogP contribution is -2.36. The van der Waals surface area contributed by atoms with Crippen LogP contribution in [-0.2, 0) is 13.0 Å². The maximum absolute atomic E-state index is 6.18. The molecule has 0 radical (unpaired) electrons. The Morgan fingerprint density at radius 2 is 1.71 bits per heavy atom. The second-order valence-electron chi connectivity index (χ2n) is 5.84. The van der Waals surface area contributed by atoms with Crippen LogP contribution in [0.4, 0.5) is 0 Å². The molecule has 3 nitrogen and oxygen atoms in total. The van der Waals surface area contributed by atoms with E-state index in [-0.39, 0.29) is 12.1 Å². The van der Waals surface area contributed by atoms with Gasteiger partial charge in [0.2, 0.25) is 0 Å². The summed E-state index contributed by atoms with van der Waals surface area (Å²) in [5.41, 5.74) is 8.84. The number of hydrogen-bond acceptors (Lipinski definition) is 3. The van der Waals surface area contributed by atoms with Gasteiger partial charge in [-0.3, -0.25) is 4.90 Å². The summed E-state index contributed by atoms with van der Waals surface area (Å²) >= 11 is 0. The number of hydrogen-bond donors (Lipinski definition) is 1. The van der Waals surface area contributed by atoms with Gasteiger partial charge in [-0.2, -0.15) is 0 Å². The molecule has 114 valence electrons. The monoisotopic (exact) mass is 286 g/mol. The molecule has 0 aliphatic heterocycles. The van der Waals surface area contributed by atoms with Crippen LogP contribution in [0.25, 0.3) is 0 Å². The molecule has 2 rings (SSSR count). The summed E-state index contributed by atoms with van der Waals surface area (Å²) in [5.74, 6) is 1.87. The van der Waals surface area contributed by atoms with E-state index >= 15 is 0 Å². The van der Waals surface area contributed by atoms with E-state index in [9.17, 15) is 0 Å². The number of nitrogens with zero attached hydrogens (tertiary/aromatic N) is 1. The van der Waals surface area contributed by atoms with Gasteiger partial charge in [-0.25, -0.2) is 0 Å². The molecule has 21 heavy (non-hydrogen) atoms. The number of likely N-dealkylation sites (N-methyl/N-ethyl adjacent to an activating group) is 1. The molecule has 0 aliphatic rings. The first-order valence-electron chi connectivity index (χ1n) is 7.61. The second kappa shape index (κ2) is 6.92. The van der Waals surface area contributed by atoms with Crippen LogP contribution in [0.3, 0.4) is 0 Å². The normalized spacial score (nSPS) is 14.4. The lowest BCUT2D eigenvalue weighted by Gasteiger charge is -2.29. The number of nitrogens with two attached hydrogens (primary N) is 1. The summed E-state index contributed by atoms with van der Waals surface area (Å²) in [6, 6.07) is 12.9. The Morgan fingerprint density at radius 3 is 2.19 bits per heavy atom. The fraction of sp³-hybridized carbons (Fsp3) is 0.444. The van der Waals surface area contributed by atoms with E-state index in [1.807, 2.05) is 26.0 Å². The van der Waals surface area contributed by atoms with Gasteiger partial charge in [0.1, 0.15) is 11.5 Å². The molecule has 2 aromatic rings. The molecule has 0 saturated heterocycles. The average molecular weight is 286 g/mol. The molecule has 2 N–H and O–H groups in total. The third-order valence-corrected chi connectivity index (χ3v) is 3.89. The van der Waals surface area contributed by atoms with E-state index in [1.54, 1.807) is 0 Å². The smallest absolute Gasteiger partial charge is 0.122 e. The molecule has 3 heteroatoms. The average Bonchev–Trinajstić information content (AvgIpc) is 2.85. The van der Waals surface area contributed by atoms with Crippen molar-refractivity contribution in [3.05, 3.63) is 59.0 Å². The molecule has 1 aromatic carbocycles. The highest BCUT2D eigenvalue weighted by Gasteiger charge is 2.24. The Balaban J connectivity index is 2.13. The molecule has 0 saturated carbocycles. The first-order chi connectivity index (χ1) is 10.0. The Morgan fingerprint density at radius 1 is 1.10 bits per heavy atom. The van der Waals surface area contributed by atoms with Gasteiger partial charge in [0, 0.05) is 12.6 Å². The van der Waals surface area contributed by atoms with E-state index in [0.29, 0.717) is 0 Å². The fourth-order valence-corrected chi connectivity index (χ4v) is 2.76. The van der Waals surface area contributed by atoms with Crippen LogP contribution >= 0.6 is 0 Å². The highest BCUT2D eigenvalue weighted by molar-refractivity contribution is 5.23. The molecule has 0 spiro atoms. The molecular formula is C18H26N2O. The van der Waals surface area contributed by atoms with Crippen molar-refractivity contribution in [2.45, 2.75) is 45.8 Å². The van der Waals surface area contributed by atoms with Crippen LogP contribution in [0.15, 0.2) is 40.8 Å². The van der Waals surface area contributed by atoms with Gasteiger partial charge in [-0.1, -0.05) is 31.2 Å². The molecule has 0 bridgehead atoms. The van der Waals surface area contributed by atoms with Gasteiger partial charge < -0.3 is 10.2 Å². The predicted octanol–water partition coefficient (Wildman–Crippen LogP) is 3.67. The van der Waals surface area contributed by atoms with Crippen LogP contribution < -0.4 is 5.73 Å². The largest absolute Gasteiger partial charge is 0.465 e. The predicted molar refractivity (Wildman–Crippen MR) is 87.1 cm³/mol. The number of rotatable bonds is 6. The van der Waals surface area contributed by atoms with Gasteiger partial charge in [0.15, 0.2) is 0 Å². The summed E-state index contributed by atoms with van der Waals surface area (Å²) in [6.07, 6.45) is 1.07. The Labute approximate surface area is 127 Å². The van der Waals surface area contributed by atoms with Crippen molar-refractivity contribution < 1.29 is 4.42 Å². The van der Waals surface area contributed by atoms with Crippen molar-refractivity contribution in [3.8, 4) is 0 Å². The zero-order chi connectivity index (χ0) is 15.4. The van der Waals surface area contributed by atoms with Crippen molar-refractivity contribution in [3.63, 3.8) is 0 Å². The van der Waals surface area contributed by atoms with Crippen molar-refractivity contribution in [1.82, 2.24) is 4.90 Å². The lowest BCUT2D eigenvalue weighted by molar-refractivity contribution is 0.182. The first kappa shape index (κ1) is 15.8. The highest BCUT2D eigenvalue weighted by atomic mass is 16.3. The molecule has 0 amide bonds. The van der Waals surface area contributed by atoms with Gasteiger partial charge >= 0.3 is 0 Å². The molecule has 0 aliphatic carbocycles. The molecule has 2 unspecified atom stereocenters. The summed E-state index contributed by atoms with van der Waals surface area (Å²) in [4.78, 5) is 2.25. The third-order valence-electron chi connectivity index (χ3n) is 3.89. The molecule has 0 fully saturated rings. The number of benzene rings is 1. The third kappa shape index (κ3) is 3.96. The number of furan rings is 1. The highest BCUT2D eigenvalue weighted by Crippen LogP contribution is 2.25. The topological polar surface area (TPSA) is 42.4 Å². The summed E-state index contributed by atoms with van der Waals surface area (Å²) in [7, 11) is 2.10. The summed E-state index contributed by atoms with van der Waals surface area (Å²) < 4.78 is 5.78. The van der Waals surface area contributed by atoms with Crippen molar-refractivity contribution in [1.29, 1.82) is 0 Å². The van der Waals surface area contributed by atoms with Crippen LogP contribution in [0, 0.1) is 6.92 Å². The number of aryl methyl sites for hydroxylation is 2. The van der Waals surface area contributed by atoms with Crippen LogP contribution in [0.1, 0.15) is 42.5 Å². The SMILES string of the molecule is CCc1ccc(CN(C)C(c2ccc(C)o2)C(C)N)cc1. The second-order valence-corrected chi connectivity index (χ2v) is 5.84. The zero-order valence-electron chi connectivity index (χ0n) is 13.5. The minimum absolute atomic E-state index is 0.00969. The standard InChI is InChI=1S/C18H26N2O/c1-5-15-7-9-16(10-8-15)12-20(4)18(14(3)19)17-11-6-13(2)21-17/h6-11,14,18H,5,12,19H2,1-4H3.